The van der Waals surface area contributed by atoms with Crippen molar-refractivity contribution < 1.29 is 4.74 Å². The molecule has 124 valence electrons. The molecular weight excluding hydrogens is 304 g/mol. The molecule has 3 aromatic carbocycles. The van der Waals surface area contributed by atoms with Crippen molar-refractivity contribution in [2.45, 2.75) is 19.3 Å². The zero-order chi connectivity index (χ0) is 17.4. The van der Waals surface area contributed by atoms with E-state index in [9.17, 15) is 0 Å². The van der Waals surface area contributed by atoms with Crippen molar-refractivity contribution >= 4 is 11.1 Å². The number of hydrogen-bond acceptors (Lipinski definition) is 1. The maximum Gasteiger partial charge on any atom is 0.118 e. The molecule has 25 heavy (non-hydrogen) atoms. The van der Waals surface area contributed by atoms with Gasteiger partial charge < -0.3 is 4.74 Å². The Morgan fingerprint density at radius 1 is 0.680 bits per heavy atom. The summed E-state index contributed by atoms with van der Waals surface area (Å²) in [6.07, 6.45) is 0. The Hall–Kier alpha value is -2.80. The van der Waals surface area contributed by atoms with Crippen LogP contribution in [-0.2, 0) is 5.41 Å². The SMILES string of the molecule is COc1ccc(C2=C(c3ccccc3)C(C)(C)c3ccccc32)cc1. The van der Waals surface area contributed by atoms with Crippen LogP contribution in [0.4, 0.5) is 0 Å². The van der Waals surface area contributed by atoms with Crippen LogP contribution >= 0.6 is 0 Å². The number of fused-ring (bicyclic) bond motifs is 1. The highest BCUT2D eigenvalue weighted by molar-refractivity contribution is 6.07. The standard InChI is InChI=1S/C24H22O/c1-24(2)21-12-8-7-11-20(21)22(17-13-15-19(25-3)16-14-17)23(24)18-9-5-4-6-10-18/h4-16H,1-3H3. The lowest BCUT2D eigenvalue weighted by atomic mass is 9.78. The fraction of sp³-hybridized carbons (Fsp3) is 0.167. The molecule has 0 saturated carbocycles. The number of ether oxygens (including phenoxy) is 1. The summed E-state index contributed by atoms with van der Waals surface area (Å²) in [5, 5.41) is 0. The van der Waals surface area contributed by atoms with Crippen molar-refractivity contribution in [2.24, 2.45) is 0 Å². The fourth-order valence-electron chi connectivity index (χ4n) is 4.00. The largest absolute Gasteiger partial charge is 0.497 e. The van der Waals surface area contributed by atoms with Crippen molar-refractivity contribution in [3.63, 3.8) is 0 Å². The summed E-state index contributed by atoms with van der Waals surface area (Å²) in [6.45, 7) is 4.65. The normalized spacial score (nSPS) is 15.2. The average Bonchev–Trinajstić information content (AvgIpc) is 2.90. The summed E-state index contributed by atoms with van der Waals surface area (Å²) >= 11 is 0. The molecular formula is C24H22O. The van der Waals surface area contributed by atoms with Crippen molar-refractivity contribution in [2.75, 3.05) is 7.11 Å². The molecule has 0 radical (unpaired) electrons. The van der Waals surface area contributed by atoms with E-state index >= 15 is 0 Å². The number of hydrogen-bond donors (Lipinski definition) is 0. The topological polar surface area (TPSA) is 9.23 Å². The summed E-state index contributed by atoms with van der Waals surface area (Å²) in [6, 6.07) is 27.9. The monoisotopic (exact) mass is 326 g/mol. The van der Waals surface area contributed by atoms with Gasteiger partial charge in [-0.05, 0) is 45.5 Å². The Balaban J connectivity index is 2.02. The lowest BCUT2D eigenvalue weighted by molar-refractivity contribution is 0.415. The summed E-state index contributed by atoms with van der Waals surface area (Å²) in [5.74, 6) is 0.885. The van der Waals surface area contributed by atoms with E-state index in [1.54, 1.807) is 7.11 Å². The van der Waals surface area contributed by atoms with Crippen LogP contribution in [0.5, 0.6) is 5.75 Å². The first-order chi connectivity index (χ1) is 12.1. The third kappa shape index (κ3) is 2.47. The number of benzene rings is 3. The van der Waals surface area contributed by atoms with Crippen LogP contribution in [0.15, 0.2) is 78.9 Å². The lowest BCUT2D eigenvalue weighted by Crippen LogP contribution is -2.16. The fourth-order valence-corrected chi connectivity index (χ4v) is 4.00. The van der Waals surface area contributed by atoms with Gasteiger partial charge in [-0.25, -0.2) is 0 Å². The van der Waals surface area contributed by atoms with Gasteiger partial charge in [0, 0.05) is 5.41 Å². The Morgan fingerprint density at radius 3 is 2.00 bits per heavy atom. The van der Waals surface area contributed by atoms with E-state index < -0.39 is 0 Å². The van der Waals surface area contributed by atoms with Crippen LogP contribution < -0.4 is 4.74 Å². The van der Waals surface area contributed by atoms with Crippen LogP contribution in [0.1, 0.15) is 36.1 Å². The number of rotatable bonds is 3. The number of allylic oxidation sites excluding steroid dienone is 1. The second kappa shape index (κ2) is 5.93. The zero-order valence-corrected chi connectivity index (χ0v) is 14.9. The molecule has 0 unspecified atom stereocenters. The second-order valence-corrected chi connectivity index (χ2v) is 7.02. The summed E-state index contributed by atoms with van der Waals surface area (Å²) < 4.78 is 5.34. The van der Waals surface area contributed by atoms with Gasteiger partial charge in [0.15, 0.2) is 0 Å². The summed E-state index contributed by atoms with van der Waals surface area (Å²) in [7, 11) is 1.71. The van der Waals surface area contributed by atoms with E-state index in [2.05, 4.69) is 80.6 Å². The molecule has 0 spiro atoms. The molecule has 0 fully saturated rings. The first-order valence-electron chi connectivity index (χ1n) is 8.67. The highest BCUT2D eigenvalue weighted by Crippen LogP contribution is 2.52. The van der Waals surface area contributed by atoms with E-state index in [1.165, 1.54) is 33.4 Å². The van der Waals surface area contributed by atoms with Crippen LogP contribution in [0.3, 0.4) is 0 Å². The Labute approximate surface area is 149 Å². The quantitative estimate of drug-likeness (QED) is 0.578. The van der Waals surface area contributed by atoms with Gasteiger partial charge in [-0.2, -0.15) is 0 Å². The molecule has 1 aliphatic rings. The Morgan fingerprint density at radius 2 is 1.32 bits per heavy atom. The third-order valence-electron chi connectivity index (χ3n) is 5.19. The highest BCUT2D eigenvalue weighted by Gasteiger charge is 2.38. The van der Waals surface area contributed by atoms with E-state index in [0.29, 0.717) is 0 Å². The van der Waals surface area contributed by atoms with Crippen molar-refractivity contribution in [1.82, 2.24) is 0 Å². The molecule has 0 heterocycles. The van der Waals surface area contributed by atoms with E-state index in [0.717, 1.165) is 5.75 Å². The molecule has 0 aliphatic heterocycles. The molecule has 3 aromatic rings. The second-order valence-electron chi connectivity index (χ2n) is 7.02. The molecule has 0 atom stereocenters. The summed E-state index contributed by atoms with van der Waals surface area (Å²) in [5.41, 5.74) is 7.92. The van der Waals surface area contributed by atoms with Gasteiger partial charge in [0.05, 0.1) is 7.11 Å². The summed E-state index contributed by atoms with van der Waals surface area (Å²) in [4.78, 5) is 0. The minimum Gasteiger partial charge on any atom is -0.497 e. The average molecular weight is 326 g/mol. The van der Waals surface area contributed by atoms with Gasteiger partial charge in [-0.1, -0.05) is 80.6 Å². The molecule has 4 rings (SSSR count). The Kier molecular flexibility index (Phi) is 3.73. The van der Waals surface area contributed by atoms with Gasteiger partial charge in [-0.3, -0.25) is 0 Å². The van der Waals surface area contributed by atoms with E-state index in [-0.39, 0.29) is 5.41 Å². The predicted molar refractivity (Wildman–Crippen MR) is 105 cm³/mol. The first-order valence-corrected chi connectivity index (χ1v) is 8.67. The predicted octanol–water partition coefficient (Wildman–Crippen LogP) is 5.95. The lowest BCUT2D eigenvalue weighted by Gasteiger charge is -2.25. The molecule has 0 N–H and O–H groups in total. The maximum atomic E-state index is 5.34. The maximum absolute atomic E-state index is 5.34. The highest BCUT2D eigenvalue weighted by atomic mass is 16.5. The third-order valence-corrected chi connectivity index (χ3v) is 5.19. The van der Waals surface area contributed by atoms with Gasteiger partial charge in [0.2, 0.25) is 0 Å². The number of methoxy groups -OCH3 is 1. The Bertz CT molecular complexity index is 931. The smallest absolute Gasteiger partial charge is 0.118 e. The van der Waals surface area contributed by atoms with Crippen molar-refractivity contribution in [3.05, 3.63) is 101 Å². The molecule has 1 nitrogen and oxygen atoms in total. The van der Waals surface area contributed by atoms with E-state index in [1.807, 2.05) is 12.1 Å². The van der Waals surface area contributed by atoms with Crippen LogP contribution in [0.25, 0.3) is 11.1 Å². The molecule has 0 aromatic heterocycles. The molecule has 0 amide bonds. The molecule has 0 saturated heterocycles. The first kappa shape index (κ1) is 15.7. The van der Waals surface area contributed by atoms with Crippen molar-refractivity contribution in [1.29, 1.82) is 0 Å². The zero-order valence-electron chi connectivity index (χ0n) is 14.9. The van der Waals surface area contributed by atoms with Gasteiger partial charge >= 0.3 is 0 Å². The minimum atomic E-state index is -0.0345. The molecule has 1 aliphatic carbocycles. The van der Waals surface area contributed by atoms with Crippen LogP contribution in [0, 0.1) is 0 Å². The minimum absolute atomic E-state index is 0.0345. The molecule has 0 bridgehead atoms. The molecule has 1 heteroatoms. The van der Waals surface area contributed by atoms with Crippen LogP contribution in [0.2, 0.25) is 0 Å². The van der Waals surface area contributed by atoms with E-state index in [4.69, 9.17) is 4.74 Å². The van der Waals surface area contributed by atoms with Gasteiger partial charge in [0.25, 0.3) is 0 Å². The van der Waals surface area contributed by atoms with Gasteiger partial charge in [-0.15, -0.1) is 0 Å². The van der Waals surface area contributed by atoms with Gasteiger partial charge in [0.1, 0.15) is 5.75 Å². The van der Waals surface area contributed by atoms with Crippen LogP contribution in [-0.4, -0.2) is 7.11 Å². The van der Waals surface area contributed by atoms with Crippen molar-refractivity contribution in [3.8, 4) is 5.75 Å².